The maximum absolute atomic E-state index is 13.3. The van der Waals surface area contributed by atoms with E-state index in [0.29, 0.717) is 12.2 Å². The quantitative estimate of drug-likeness (QED) is 0.493. The Morgan fingerprint density at radius 2 is 1.73 bits per heavy atom. The molecule has 0 nitrogen and oxygen atoms in total. The third kappa shape index (κ3) is 5.19. The van der Waals surface area contributed by atoms with E-state index in [2.05, 4.69) is 0 Å². The molecule has 0 atom stereocenters. The van der Waals surface area contributed by atoms with Gasteiger partial charge in [-0.3, -0.25) is 0 Å². The summed E-state index contributed by atoms with van der Waals surface area (Å²) in [6.07, 6.45) is 12.2. The lowest BCUT2D eigenvalue weighted by Crippen LogP contribution is -2.13. The molecule has 0 aliphatic heterocycles. The summed E-state index contributed by atoms with van der Waals surface area (Å²) in [7, 11) is 0. The van der Waals surface area contributed by atoms with Gasteiger partial charge in [0.25, 0.3) is 0 Å². The van der Waals surface area contributed by atoms with Crippen molar-refractivity contribution in [1.82, 2.24) is 0 Å². The van der Waals surface area contributed by atoms with Crippen molar-refractivity contribution in [2.75, 3.05) is 0 Å². The maximum atomic E-state index is 13.3. The number of unbranched alkanes of at least 4 members (excludes halogenated alkanes) is 3. The van der Waals surface area contributed by atoms with Crippen molar-refractivity contribution in [2.24, 2.45) is 5.92 Å². The molecule has 1 aromatic rings. The molecule has 122 valence electrons. The molecule has 0 radical (unpaired) electrons. The molecule has 0 heterocycles. The fourth-order valence-corrected chi connectivity index (χ4v) is 3.49. The zero-order valence-corrected chi connectivity index (χ0v) is 13.0. The smallest absolute Gasteiger partial charge is 0.159 e. The van der Waals surface area contributed by atoms with Gasteiger partial charge < -0.3 is 0 Å². The number of hydrogen-bond acceptors (Lipinski definition) is 0. The van der Waals surface area contributed by atoms with Gasteiger partial charge in [0.15, 0.2) is 11.6 Å². The molecular formula is C19H25F3. The highest BCUT2D eigenvalue weighted by molar-refractivity contribution is 5.22. The fraction of sp³-hybridized carbons (Fsp3) is 0.579. The first-order valence-corrected chi connectivity index (χ1v) is 8.41. The summed E-state index contributed by atoms with van der Waals surface area (Å²) in [6.45, 7) is 0. The summed E-state index contributed by atoms with van der Waals surface area (Å²) in [5.74, 6) is -0.360. The van der Waals surface area contributed by atoms with Gasteiger partial charge in [-0.2, -0.15) is 0 Å². The fourth-order valence-electron chi connectivity index (χ4n) is 3.49. The molecule has 0 bridgehead atoms. The molecule has 1 fully saturated rings. The molecule has 1 saturated carbocycles. The van der Waals surface area contributed by atoms with E-state index in [-0.39, 0.29) is 0 Å². The Morgan fingerprint density at radius 3 is 2.41 bits per heavy atom. The topological polar surface area (TPSA) is 0 Å². The highest BCUT2D eigenvalue weighted by Gasteiger charge is 2.22. The number of halogens is 3. The van der Waals surface area contributed by atoms with Crippen LogP contribution in [0.1, 0.15) is 69.3 Å². The molecule has 1 aliphatic rings. The van der Waals surface area contributed by atoms with Gasteiger partial charge in [-0.05, 0) is 68.1 Å². The van der Waals surface area contributed by atoms with Gasteiger partial charge in [-0.1, -0.05) is 31.4 Å². The van der Waals surface area contributed by atoms with E-state index in [9.17, 15) is 13.2 Å². The molecule has 3 heteroatoms. The third-order valence-corrected chi connectivity index (χ3v) is 4.83. The summed E-state index contributed by atoms with van der Waals surface area (Å²) in [4.78, 5) is 0. The summed E-state index contributed by atoms with van der Waals surface area (Å²) >= 11 is 0. The number of hydrogen-bond donors (Lipinski definition) is 0. The van der Waals surface area contributed by atoms with Crippen molar-refractivity contribution < 1.29 is 13.2 Å². The molecule has 0 spiro atoms. The van der Waals surface area contributed by atoms with Gasteiger partial charge in [0.05, 0.1) is 6.33 Å². The average molecular weight is 310 g/mol. The van der Waals surface area contributed by atoms with E-state index in [1.807, 2.05) is 0 Å². The van der Waals surface area contributed by atoms with Gasteiger partial charge in [0.2, 0.25) is 0 Å². The zero-order valence-electron chi connectivity index (χ0n) is 13.0. The van der Waals surface area contributed by atoms with Crippen LogP contribution in [0.25, 0.3) is 0 Å². The molecule has 0 N–H and O–H groups in total. The Balaban J connectivity index is 1.68. The molecule has 22 heavy (non-hydrogen) atoms. The van der Waals surface area contributed by atoms with Crippen molar-refractivity contribution in [3.63, 3.8) is 0 Å². The van der Waals surface area contributed by atoms with Crippen LogP contribution in [0.4, 0.5) is 13.2 Å². The minimum Gasteiger partial charge on any atom is -0.216 e. The molecular weight excluding hydrogens is 285 g/mol. The van der Waals surface area contributed by atoms with Crippen molar-refractivity contribution in [2.45, 2.75) is 63.7 Å². The highest BCUT2D eigenvalue weighted by Crippen LogP contribution is 2.38. The molecule has 0 amide bonds. The Labute approximate surface area is 131 Å². The zero-order chi connectivity index (χ0) is 15.8. The Morgan fingerprint density at radius 1 is 0.955 bits per heavy atom. The average Bonchev–Trinajstić information content (AvgIpc) is 2.54. The monoisotopic (exact) mass is 310 g/mol. The normalized spacial score (nSPS) is 22.3. The highest BCUT2D eigenvalue weighted by atomic mass is 19.2. The minimum absolute atomic E-state index is 0.376. The standard InChI is InChI=1S/C19H25F3/c20-13-5-3-1-2-4-6-15-7-9-16(10-8-15)17-11-12-18(21)19(22)14-17/h5,11-16H,1-4,6-10H2/b13-5+/t15-,16-. The number of allylic oxidation sites excluding steroid dienone is 1. The molecule has 1 aliphatic carbocycles. The maximum Gasteiger partial charge on any atom is 0.159 e. The number of benzene rings is 1. The van der Waals surface area contributed by atoms with Crippen molar-refractivity contribution in [1.29, 1.82) is 0 Å². The van der Waals surface area contributed by atoms with Crippen LogP contribution < -0.4 is 0 Å². The Hall–Kier alpha value is -1.25. The van der Waals surface area contributed by atoms with Gasteiger partial charge >= 0.3 is 0 Å². The first kappa shape index (κ1) is 17.1. The van der Waals surface area contributed by atoms with Crippen molar-refractivity contribution in [3.05, 3.63) is 47.8 Å². The summed E-state index contributed by atoms with van der Waals surface area (Å²) < 4.78 is 38.1. The van der Waals surface area contributed by atoms with Crippen LogP contribution in [0.2, 0.25) is 0 Å². The SMILES string of the molecule is F/C=C/CCCCC[C@H]1CC[C@H](c2ccc(F)c(F)c2)CC1. The third-order valence-electron chi connectivity index (χ3n) is 4.83. The largest absolute Gasteiger partial charge is 0.216 e. The molecule has 0 saturated heterocycles. The van der Waals surface area contributed by atoms with E-state index in [0.717, 1.165) is 43.6 Å². The first-order chi connectivity index (χ1) is 10.7. The van der Waals surface area contributed by atoms with Crippen LogP contribution >= 0.6 is 0 Å². The summed E-state index contributed by atoms with van der Waals surface area (Å²) in [5.41, 5.74) is 0.940. The first-order valence-electron chi connectivity index (χ1n) is 8.41. The molecule has 2 rings (SSSR count). The van der Waals surface area contributed by atoms with Crippen molar-refractivity contribution >= 4 is 0 Å². The van der Waals surface area contributed by atoms with Crippen LogP contribution in [0.3, 0.4) is 0 Å². The van der Waals surface area contributed by atoms with E-state index < -0.39 is 11.6 Å². The minimum atomic E-state index is -0.764. The lowest BCUT2D eigenvalue weighted by atomic mass is 9.77. The van der Waals surface area contributed by atoms with Crippen LogP contribution in [0, 0.1) is 17.6 Å². The van der Waals surface area contributed by atoms with Gasteiger partial charge in [0, 0.05) is 0 Å². The lowest BCUT2D eigenvalue weighted by molar-refractivity contribution is 0.302. The van der Waals surface area contributed by atoms with E-state index in [1.165, 1.54) is 37.8 Å². The Bertz CT molecular complexity index is 474. The summed E-state index contributed by atoms with van der Waals surface area (Å²) in [5, 5.41) is 0. The predicted molar refractivity (Wildman–Crippen MR) is 84.4 cm³/mol. The van der Waals surface area contributed by atoms with E-state index in [4.69, 9.17) is 0 Å². The molecule has 0 aromatic heterocycles. The number of rotatable bonds is 7. The second-order valence-corrected chi connectivity index (χ2v) is 6.39. The molecule has 0 unspecified atom stereocenters. The van der Waals surface area contributed by atoms with Gasteiger partial charge in [-0.25, -0.2) is 13.2 Å². The van der Waals surface area contributed by atoms with Crippen molar-refractivity contribution in [3.8, 4) is 0 Å². The van der Waals surface area contributed by atoms with Gasteiger partial charge in [-0.15, -0.1) is 0 Å². The van der Waals surface area contributed by atoms with Crippen LogP contribution in [-0.4, -0.2) is 0 Å². The predicted octanol–water partition coefficient (Wildman–Crippen LogP) is 6.67. The van der Waals surface area contributed by atoms with E-state index >= 15 is 0 Å². The van der Waals surface area contributed by atoms with Crippen LogP contribution in [0.5, 0.6) is 0 Å². The second kappa shape index (κ2) is 9.02. The second-order valence-electron chi connectivity index (χ2n) is 6.39. The van der Waals surface area contributed by atoms with E-state index in [1.54, 1.807) is 12.1 Å². The Kier molecular flexibility index (Phi) is 7.01. The summed E-state index contributed by atoms with van der Waals surface area (Å²) in [6, 6.07) is 4.32. The molecule has 1 aromatic carbocycles. The lowest BCUT2D eigenvalue weighted by Gasteiger charge is -2.29. The van der Waals surface area contributed by atoms with Gasteiger partial charge in [0.1, 0.15) is 0 Å². The van der Waals surface area contributed by atoms with Crippen LogP contribution in [0.15, 0.2) is 30.6 Å². The van der Waals surface area contributed by atoms with Crippen LogP contribution in [-0.2, 0) is 0 Å².